The van der Waals surface area contributed by atoms with Crippen LogP contribution in [0.5, 0.6) is 0 Å². The molecular weight excluding hydrogens is 330 g/mol. The van der Waals surface area contributed by atoms with Gasteiger partial charge in [-0.25, -0.2) is 9.97 Å². The van der Waals surface area contributed by atoms with E-state index in [4.69, 9.17) is 0 Å². The summed E-state index contributed by atoms with van der Waals surface area (Å²) in [7, 11) is 0. The van der Waals surface area contributed by atoms with Crippen LogP contribution in [0, 0.1) is 0 Å². The number of halogens is 2. The van der Waals surface area contributed by atoms with Crippen LogP contribution in [0.4, 0.5) is 8.78 Å². The summed E-state index contributed by atoms with van der Waals surface area (Å²) in [6.07, 6.45) is 6.86. The van der Waals surface area contributed by atoms with Gasteiger partial charge in [-0.3, -0.25) is 4.57 Å². The van der Waals surface area contributed by atoms with Gasteiger partial charge in [0.2, 0.25) is 0 Å². The minimum Gasteiger partial charge on any atom is -0.316 e. The van der Waals surface area contributed by atoms with E-state index in [2.05, 4.69) is 26.7 Å². The molecule has 1 fully saturated rings. The molecule has 1 saturated carbocycles. The van der Waals surface area contributed by atoms with Gasteiger partial charge in [-0.05, 0) is 18.4 Å². The van der Waals surface area contributed by atoms with E-state index in [9.17, 15) is 8.78 Å². The van der Waals surface area contributed by atoms with E-state index in [0.717, 1.165) is 33.8 Å². The largest absolute Gasteiger partial charge is 0.319 e. The Bertz CT molecular complexity index is 824. The molecule has 0 aliphatic heterocycles. The van der Waals surface area contributed by atoms with Crippen molar-refractivity contribution in [2.45, 2.75) is 36.3 Å². The summed E-state index contributed by atoms with van der Waals surface area (Å²) >= 11 is 1.46. The fourth-order valence-electron chi connectivity index (χ4n) is 2.72. The van der Waals surface area contributed by atoms with Crippen molar-refractivity contribution in [3.05, 3.63) is 54.7 Å². The Morgan fingerprint density at radius 1 is 1.17 bits per heavy atom. The molecule has 0 saturated heterocycles. The fraction of sp³-hybridized carbons (Fsp3) is 0.294. The van der Waals surface area contributed by atoms with Crippen molar-refractivity contribution in [1.82, 2.24) is 19.1 Å². The lowest BCUT2D eigenvalue weighted by molar-refractivity contribution is 0.0678. The van der Waals surface area contributed by atoms with Crippen LogP contribution in [0.3, 0.4) is 0 Å². The molecule has 7 heteroatoms. The second-order valence-electron chi connectivity index (χ2n) is 5.71. The van der Waals surface area contributed by atoms with Gasteiger partial charge in [0.15, 0.2) is 5.16 Å². The number of hydrogen-bond donors (Lipinski definition) is 0. The van der Waals surface area contributed by atoms with Crippen LogP contribution in [0.2, 0.25) is 0 Å². The predicted molar refractivity (Wildman–Crippen MR) is 89.0 cm³/mol. The van der Waals surface area contributed by atoms with Gasteiger partial charge in [-0.2, -0.15) is 8.78 Å². The Hall–Kier alpha value is -2.15. The van der Waals surface area contributed by atoms with Crippen molar-refractivity contribution in [3.63, 3.8) is 0 Å². The van der Waals surface area contributed by atoms with E-state index in [1.807, 2.05) is 24.4 Å². The monoisotopic (exact) mass is 346 g/mol. The number of alkyl halides is 2. The van der Waals surface area contributed by atoms with Gasteiger partial charge in [0, 0.05) is 18.4 Å². The maximum Gasteiger partial charge on any atom is 0.319 e. The third-order valence-corrected chi connectivity index (χ3v) is 5.00. The summed E-state index contributed by atoms with van der Waals surface area (Å²) in [5.41, 5.74) is 2.20. The predicted octanol–water partition coefficient (Wildman–Crippen LogP) is 4.77. The summed E-state index contributed by atoms with van der Waals surface area (Å²) in [6.45, 7) is -2.56. The van der Waals surface area contributed by atoms with Gasteiger partial charge in [0.25, 0.3) is 0 Å². The minimum absolute atomic E-state index is 0.363. The lowest BCUT2D eigenvalue weighted by Crippen LogP contribution is -2.03. The van der Waals surface area contributed by atoms with E-state index in [0.29, 0.717) is 17.6 Å². The van der Waals surface area contributed by atoms with Crippen LogP contribution in [-0.4, -0.2) is 19.1 Å². The normalized spacial score (nSPS) is 14.5. The summed E-state index contributed by atoms with van der Waals surface area (Å²) in [5, 5.41) is 0.861. The average molecular weight is 346 g/mol. The van der Waals surface area contributed by atoms with Crippen molar-refractivity contribution in [2.24, 2.45) is 0 Å². The Morgan fingerprint density at radius 3 is 2.67 bits per heavy atom. The Kier molecular flexibility index (Phi) is 4.10. The zero-order chi connectivity index (χ0) is 16.5. The van der Waals surface area contributed by atoms with Crippen molar-refractivity contribution in [3.8, 4) is 11.3 Å². The molecule has 0 radical (unpaired) electrons. The summed E-state index contributed by atoms with van der Waals surface area (Å²) in [4.78, 5) is 8.56. The first-order valence-electron chi connectivity index (χ1n) is 7.79. The average Bonchev–Trinajstić information content (AvgIpc) is 3.17. The van der Waals surface area contributed by atoms with Crippen LogP contribution in [-0.2, 0) is 5.75 Å². The van der Waals surface area contributed by atoms with E-state index in [1.165, 1.54) is 24.2 Å². The molecule has 3 aromatic rings. The minimum atomic E-state index is -2.56. The molecule has 1 aromatic carbocycles. The Morgan fingerprint density at radius 2 is 1.96 bits per heavy atom. The van der Waals surface area contributed by atoms with Crippen LogP contribution >= 0.6 is 11.8 Å². The second-order valence-corrected chi connectivity index (χ2v) is 6.65. The van der Waals surface area contributed by atoms with E-state index in [-0.39, 0.29) is 0 Å². The molecule has 0 amide bonds. The molecule has 0 bridgehead atoms. The van der Waals surface area contributed by atoms with Crippen LogP contribution in [0.25, 0.3) is 11.3 Å². The molecule has 4 nitrogen and oxygen atoms in total. The number of nitrogens with zero attached hydrogens (tertiary/aromatic N) is 4. The highest BCUT2D eigenvalue weighted by molar-refractivity contribution is 7.98. The lowest BCUT2D eigenvalue weighted by Gasteiger charge is -2.11. The number of thioether (sulfide) groups is 1. The zero-order valence-electron chi connectivity index (χ0n) is 12.8. The molecular formula is C17H16F2N4S. The highest BCUT2D eigenvalue weighted by Crippen LogP contribution is 2.42. The number of imidazole rings is 2. The van der Waals surface area contributed by atoms with E-state index >= 15 is 0 Å². The van der Waals surface area contributed by atoms with Crippen molar-refractivity contribution in [1.29, 1.82) is 0 Å². The molecule has 1 aliphatic rings. The van der Waals surface area contributed by atoms with Crippen molar-refractivity contribution >= 4 is 11.8 Å². The Labute approximate surface area is 142 Å². The topological polar surface area (TPSA) is 35.6 Å². The molecule has 0 spiro atoms. The third-order valence-electron chi connectivity index (χ3n) is 4.03. The van der Waals surface area contributed by atoms with Gasteiger partial charge < -0.3 is 4.57 Å². The zero-order valence-corrected chi connectivity index (χ0v) is 13.7. The number of aromatic nitrogens is 4. The molecule has 0 unspecified atom stereocenters. The molecule has 4 rings (SSSR count). The van der Waals surface area contributed by atoms with Gasteiger partial charge in [0.05, 0.1) is 17.6 Å². The van der Waals surface area contributed by atoms with Crippen LogP contribution < -0.4 is 0 Å². The number of hydrogen-bond acceptors (Lipinski definition) is 3. The van der Waals surface area contributed by atoms with E-state index in [1.54, 1.807) is 0 Å². The number of rotatable bonds is 6. The van der Waals surface area contributed by atoms with Gasteiger partial charge >= 0.3 is 6.55 Å². The maximum absolute atomic E-state index is 12.9. The highest BCUT2D eigenvalue weighted by atomic mass is 32.2. The molecule has 1 aliphatic carbocycles. The first-order chi connectivity index (χ1) is 11.7. The molecule has 124 valence electrons. The smallest absolute Gasteiger partial charge is 0.316 e. The van der Waals surface area contributed by atoms with Gasteiger partial charge in [-0.15, -0.1) is 0 Å². The van der Waals surface area contributed by atoms with E-state index < -0.39 is 6.55 Å². The number of benzene rings is 1. The maximum atomic E-state index is 12.9. The summed E-state index contributed by atoms with van der Waals surface area (Å²) < 4.78 is 29.0. The third kappa shape index (κ3) is 2.96. The highest BCUT2D eigenvalue weighted by Gasteiger charge is 2.29. The first kappa shape index (κ1) is 15.4. The molecule has 0 N–H and O–H groups in total. The Balaban J connectivity index is 1.60. The molecule has 0 atom stereocenters. The van der Waals surface area contributed by atoms with Crippen molar-refractivity contribution < 1.29 is 8.78 Å². The fourth-order valence-corrected chi connectivity index (χ4v) is 3.72. The molecule has 24 heavy (non-hydrogen) atoms. The molecule has 2 heterocycles. The lowest BCUT2D eigenvalue weighted by atomic mass is 10.2. The quantitative estimate of drug-likeness (QED) is 0.603. The van der Waals surface area contributed by atoms with Crippen molar-refractivity contribution in [2.75, 3.05) is 0 Å². The first-order valence-corrected chi connectivity index (χ1v) is 8.78. The standard InChI is InChI=1S/C17H16F2N4S/c18-16(19)22-9-8-20-15(22)11-24-17-21-10-14(23(17)13-6-7-13)12-4-2-1-3-5-12/h1-5,8-10,13,16H,6-7,11H2. The van der Waals surface area contributed by atoms with Crippen LogP contribution in [0.15, 0.2) is 54.1 Å². The summed E-state index contributed by atoms with van der Waals surface area (Å²) in [6, 6.07) is 10.6. The van der Waals surface area contributed by atoms with Crippen LogP contribution in [0.1, 0.15) is 31.3 Å². The van der Waals surface area contributed by atoms with Gasteiger partial charge in [-0.1, -0.05) is 42.1 Å². The molecule has 2 aromatic heterocycles. The van der Waals surface area contributed by atoms with Gasteiger partial charge in [0.1, 0.15) is 5.82 Å². The second kappa shape index (κ2) is 6.39. The SMILES string of the molecule is FC(F)n1ccnc1CSc1ncc(-c2ccccc2)n1C1CC1. The summed E-state index contributed by atoms with van der Waals surface area (Å²) in [5.74, 6) is 0.733.